The minimum absolute atomic E-state index is 0.220. The molecule has 1 atom stereocenters. The molecule has 110 valence electrons. The summed E-state index contributed by atoms with van der Waals surface area (Å²) in [5, 5.41) is 3.69. The van der Waals surface area contributed by atoms with Crippen LogP contribution >= 0.6 is 0 Å². The van der Waals surface area contributed by atoms with Gasteiger partial charge in [-0.1, -0.05) is 18.2 Å². The molecule has 1 saturated heterocycles. The van der Waals surface area contributed by atoms with Gasteiger partial charge in [0, 0.05) is 31.2 Å². The molecule has 3 rings (SSSR count). The summed E-state index contributed by atoms with van der Waals surface area (Å²) >= 11 is 0. The highest BCUT2D eigenvalue weighted by atomic mass is 16.5. The zero-order valence-corrected chi connectivity index (χ0v) is 12.6. The summed E-state index contributed by atoms with van der Waals surface area (Å²) in [5.41, 5.74) is 0.220. The lowest BCUT2D eigenvalue weighted by atomic mass is 9.96. The average Bonchev–Trinajstić information content (AvgIpc) is 3.24. The van der Waals surface area contributed by atoms with Crippen LogP contribution in [0.3, 0.4) is 0 Å². The first-order valence-electron chi connectivity index (χ1n) is 7.81. The second-order valence-electron chi connectivity index (χ2n) is 6.80. The van der Waals surface area contributed by atoms with Gasteiger partial charge in [0.25, 0.3) is 0 Å². The third kappa shape index (κ3) is 3.53. The largest absolute Gasteiger partial charge is 0.492 e. The van der Waals surface area contributed by atoms with Crippen molar-refractivity contribution in [2.24, 2.45) is 5.92 Å². The van der Waals surface area contributed by atoms with Crippen molar-refractivity contribution in [3.63, 3.8) is 0 Å². The maximum absolute atomic E-state index is 5.86. The van der Waals surface area contributed by atoms with Crippen molar-refractivity contribution in [2.45, 2.75) is 38.3 Å². The van der Waals surface area contributed by atoms with Gasteiger partial charge in [0.2, 0.25) is 0 Å². The Labute approximate surface area is 122 Å². The van der Waals surface area contributed by atoms with E-state index in [9.17, 15) is 0 Å². The minimum atomic E-state index is 0.220. The van der Waals surface area contributed by atoms with Gasteiger partial charge < -0.3 is 10.1 Å². The zero-order chi connectivity index (χ0) is 14.0. The van der Waals surface area contributed by atoms with E-state index in [-0.39, 0.29) is 5.54 Å². The number of nitrogens with one attached hydrogen (secondary N) is 1. The molecule has 0 radical (unpaired) electrons. The van der Waals surface area contributed by atoms with E-state index in [1.807, 2.05) is 30.3 Å². The molecule has 1 aromatic carbocycles. The molecule has 1 aliphatic carbocycles. The Hall–Kier alpha value is -1.06. The monoisotopic (exact) mass is 274 g/mol. The average molecular weight is 274 g/mol. The zero-order valence-electron chi connectivity index (χ0n) is 12.6. The van der Waals surface area contributed by atoms with E-state index >= 15 is 0 Å². The molecular weight excluding hydrogens is 248 g/mol. The molecule has 0 amide bonds. The SMILES string of the molecule is CC1(C)CN(CCOc2ccccc2)C(C2CC2)CN1. The first-order valence-corrected chi connectivity index (χ1v) is 7.81. The van der Waals surface area contributed by atoms with Crippen LogP contribution in [0.1, 0.15) is 26.7 Å². The topological polar surface area (TPSA) is 24.5 Å². The number of ether oxygens (including phenoxy) is 1. The molecular formula is C17H26N2O. The number of piperazine rings is 1. The molecule has 3 nitrogen and oxygen atoms in total. The first-order chi connectivity index (χ1) is 9.64. The molecule has 1 heterocycles. The van der Waals surface area contributed by atoms with Crippen LogP contribution in [0.2, 0.25) is 0 Å². The van der Waals surface area contributed by atoms with Crippen LogP contribution in [-0.4, -0.2) is 42.7 Å². The fraction of sp³-hybridized carbons (Fsp3) is 0.647. The summed E-state index contributed by atoms with van der Waals surface area (Å²) in [4.78, 5) is 2.64. The first kappa shape index (κ1) is 13.9. The number of benzene rings is 1. The van der Waals surface area contributed by atoms with Gasteiger partial charge in [-0.05, 0) is 44.7 Å². The van der Waals surface area contributed by atoms with Crippen molar-refractivity contribution in [1.29, 1.82) is 0 Å². The van der Waals surface area contributed by atoms with Crippen LogP contribution < -0.4 is 10.1 Å². The molecule has 0 bridgehead atoms. The Kier molecular flexibility index (Phi) is 3.99. The van der Waals surface area contributed by atoms with Gasteiger partial charge >= 0.3 is 0 Å². The number of hydrogen-bond acceptors (Lipinski definition) is 3. The van der Waals surface area contributed by atoms with Crippen molar-refractivity contribution in [3.05, 3.63) is 30.3 Å². The Morgan fingerprint density at radius 1 is 1.25 bits per heavy atom. The van der Waals surface area contributed by atoms with Crippen LogP contribution in [0.5, 0.6) is 5.75 Å². The Balaban J connectivity index is 1.53. The van der Waals surface area contributed by atoms with Crippen molar-refractivity contribution in [2.75, 3.05) is 26.2 Å². The maximum Gasteiger partial charge on any atom is 0.119 e. The molecule has 0 aromatic heterocycles. The molecule has 1 N–H and O–H groups in total. The predicted molar refractivity (Wildman–Crippen MR) is 82.1 cm³/mol. The summed E-state index contributed by atoms with van der Waals surface area (Å²) in [5.74, 6) is 1.89. The van der Waals surface area contributed by atoms with E-state index < -0.39 is 0 Å². The van der Waals surface area contributed by atoms with Crippen LogP contribution in [0.15, 0.2) is 30.3 Å². The third-order valence-corrected chi connectivity index (χ3v) is 4.41. The highest BCUT2D eigenvalue weighted by molar-refractivity contribution is 5.20. The maximum atomic E-state index is 5.86. The summed E-state index contributed by atoms with van der Waals surface area (Å²) in [6.07, 6.45) is 2.81. The van der Waals surface area contributed by atoms with Crippen molar-refractivity contribution < 1.29 is 4.74 Å². The molecule has 0 spiro atoms. The molecule has 1 aliphatic heterocycles. The lowest BCUT2D eigenvalue weighted by Crippen LogP contribution is -2.62. The quantitative estimate of drug-likeness (QED) is 0.893. The fourth-order valence-corrected chi connectivity index (χ4v) is 3.18. The number of nitrogens with zero attached hydrogens (tertiary/aromatic N) is 1. The van der Waals surface area contributed by atoms with Gasteiger partial charge in [-0.25, -0.2) is 0 Å². The van der Waals surface area contributed by atoms with Gasteiger partial charge in [-0.2, -0.15) is 0 Å². The van der Waals surface area contributed by atoms with Gasteiger partial charge in [0.1, 0.15) is 12.4 Å². The van der Waals surface area contributed by atoms with Crippen LogP contribution in [0.4, 0.5) is 0 Å². The van der Waals surface area contributed by atoms with Gasteiger partial charge in [0.15, 0.2) is 0 Å². The van der Waals surface area contributed by atoms with E-state index in [1.54, 1.807) is 0 Å². The van der Waals surface area contributed by atoms with Gasteiger partial charge in [-0.3, -0.25) is 4.90 Å². The standard InChI is InChI=1S/C17H26N2O/c1-17(2)13-19(16(12-18-17)14-8-9-14)10-11-20-15-6-4-3-5-7-15/h3-7,14,16,18H,8-13H2,1-2H3. The summed E-state index contributed by atoms with van der Waals surface area (Å²) < 4.78 is 5.86. The van der Waals surface area contributed by atoms with Crippen molar-refractivity contribution >= 4 is 0 Å². The van der Waals surface area contributed by atoms with Crippen LogP contribution in [-0.2, 0) is 0 Å². The minimum Gasteiger partial charge on any atom is -0.492 e. The normalized spacial score (nSPS) is 26.4. The smallest absolute Gasteiger partial charge is 0.119 e. The lowest BCUT2D eigenvalue weighted by molar-refractivity contribution is 0.0693. The Morgan fingerprint density at radius 2 is 2.00 bits per heavy atom. The number of para-hydroxylation sites is 1. The Morgan fingerprint density at radius 3 is 2.70 bits per heavy atom. The fourth-order valence-electron chi connectivity index (χ4n) is 3.18. The van der Waals surface area contributed by atoms with E-state index in [4.69, 9.17) is 4.74 Å². The van der Waals surface area contributed by atoms with Crippen molar-refractivity contribution in [1.82, 2.24) is 10.2 Å². The summed E-state index contributed by atoms with van der Waals surface area (Å²) in [6, 6.07) is 10.8. The molecule has 1 unspecified atom stereocenters. The van der Waals surface area contributed by atoms with Crippen LogP contribution in [0.25, 0.3) is 0 Å². The van der Waals surface area contributed by atoms with Crippen molar-refractivity contribution in [3.8, 4) is 5.75 Å². The highest BCUT2D eigenvalue weighted by Crippen LogP contribution is 2.37. The molecule has 1 aromatic rings. The van der Waals surface area contributed by atoms with E-state index in [2.05, 4.69) is 24.1 Å². The highest BCUT2D eigenvalue weighted by Gasteiger charge is 2.40. The predicted octanol–water partition coefficient (Wildman–Crippen LogP) is 2.53. The third-order valence-electron chi connectivity index (χ3n) is 4.41. The molecule has 2 fully saturated rings. The molecule has 1 saturated carbocycles. The van der Waals surface area contributed by atoms with E-state index in [0.717, 1.165) is 37.9 Å². The summed E-state index contributed by atoms with van der Waals surface area (Å²) in [6.45, 7) is 8.64. The van der Waals surface area contributed by atoms with Crippen LogP contribution in [0, 0.1) is 5.92 Å². The Bertz CT molecular complexity index is 428. The second kappa shape index (κ2) is 5.74. The van der Waals surface area contributed by atoms with E-state index in [1.165, 1.54) is 12.8 Å². The lowest BCUT2D eigenvalue weighted by Gasteiger charge is -2.45. The second-order valence-corrected chi connectivity index (χ2v) is 6.80. The number of hydrogen-bond donors (Lipinski definition) is 1. The molecule has 20 heavy (non-hydrogen) atoms. The molecule has 3 heteroatoms. The van der Waals surface area contributed by atoms with Gasteiger partial charge in [0.05, 0.1) is 0 Å². The number of rotatable bonds is 5. The van der Waals surface area contributed by atoms with E-state index in [0.29, 0.717) is 6.04 Å². The van der Waals surface area contributed by atoms with Gasteiger partial charge in [-0.15, -0.1) is 0 Å². The molecule has 2 aliphatic rings. The summed E-state index contributed by atoms with van der Waals surface area (Å²) in [7, 11) is 0.